The minimum absolute atomic E-state index is 0.0276. The monoisotopic (exact) mass is 518 g/mol. The highest BCUT2D eigenvalue weighted by molar-refractivity contribution is 8.13. The lowest BCUT2D eigenvalue weighted by atomic mass is 10.00. The van der Waals surface area contributed by atoms with Crippen molar-refractivity contribution in [3.05, 3.63) is 47.2 Å². The van der Waals surface area contributed by atoms with E-state index in [-0.39, 0.29) is 22.5 Å². The smallest absolute Gasteiger partial charge is 0.399 e. The molecular formula is C21H28F5O5PS. The quantitative estimate of drug-likeness (QED) is 0.0923. The van der Waals surface area contributed by atoms with E-state index in [1.165, 1.54) is 6.08 Å². The van der Waals surface area contributed by atoms with Crippen LogP contribution in [0, 0.1) is 11.3 Å². The first kappa shape index (κ1) is 29.5. The molecule has 0 aromatic rings. The number of rotatable bonds is 11. The predicted molar refractivity (Wildman–Crippen MR) is 118 cm³/mol. The minimum atomic E-state index is -4.93. The van der Waals surface area contributed by atoms with E-state index in [2.05, 4.69) is 0 Å². The number of hydrogen-bond acceptors (Lipinski definition) is 6. The van der Waals surface area contributed by atoms with Crippen LogP contribution < -0.4 is 0 Å². The normalized spacial score (nSPS) is 20.8. The van der Waals surface area contributed by atoms with Gasteiger partial charge in [0.25, 0.3) is 0 Å². The summed E-state index contributed by atoms with van der Waals surface area (Å²) < 4.78 is 96.5. The number of phosphoric ester groups is 1. The van der Waals surface area contributed by atoms with Crippen LogP contribution in [0.25, 0.3) is 0 Å². The van der Waals surface area contributed by atoms with Crippen molar-refractivity contribution in [2.75, 3.05) is 19.0 Å². The molecule has 0 fully saturated rings. The zero-order chi connectivity index (χ0) is 25.4. The summed E-state index contributed by atoms with van der Waals surface area (Å²) in [5.74, 6) is -8.31. The number of carbonyl (C=O) groups excluding carboxylic acids is 1. The van der Waals surface area contributed by atoms with E-state index in [1.807, 2.05) is 0 Å². The molecule has 0 aliphatic heterocycles. The second kappa shape index (κ2) is 12.8. The van der Waals surface area contributed by atoms with Gasteiger partial charge in [-0.1, -0.05) is 51.6 Å². The Morgan fingerprint density at radius 2 is 1.94 bits per heavy atom. The van der Waals surface area contributed by atoms with Gasteiger partial charge in [-0.2, -0.15) is 4.39 Å². The van der Waals surface area contributed by atoms with Gasteiger partial charge in [0.05, 0.1) is 6.61 Å². The van der Waals surface area contributed by atoms with Crippen molar-refractivity contribution in [3.63, 3.8) is 0 Å². The lowest BCUT2D eigenvalue weighted by molar-refractivity contribution is -0.117. The van der Waals surface area contributed by atoms with Crippen LogP contribution in [-0.2, 0) is 22.9 Å². The van der Waals surface area contributed by atoms with Crippen molar-refractivity contribution in [2.24, 2.45) is 11.3 Å². The maximum atomic E-state index is 14.3. The van der Waals surface area contributed by atoms with Crippen LogP contribution in [-0.4, -0.2) is 30.3 Å². The molecule has 3 atom stereocenters. The van der Waals surface area contributed by atoms with Crippen LogP contribution >= 0.6 is 19.6 Å². The van der Waals surface area contributed by atoms with E-state index in [0.717, 1.165) is 11.8 Å². The van der Waals surface area contributed by atoms with Gasteiger partial charge in [-0.25, -0.2) is 22.1 Å². The second-order valence-electron chi connectivity index (χ2n) is 8.13. The van der Waals surface area contributed by atoms with E-state index < -0.39 is 55.9 Å². The first-order chi connectivity index (χ1) is 15.2. The van der Waals surface area contributed by atoms with Gasteiger partial charge in [0, 0.05) is 17.1 Å². The summed E-state index contributed by atoms with van der Waals surface area (Å²) in [6.07, 6.45) is 2.74. The van der Waals surface area contributed by atoms with Crippen LogP contribution in [0.15, 0.2) is 47.2 Å². The highest BCUT2D eigenvalue weighted by atomic mass is 32.2. The topological polar surface area (TPSA) is 61.8 Å². The van der Waals surface area contributed by atoms with Gasteiger partial charge in [0.15, 0.2) is 22.9 Å². The summed E-state index contributed by atoms with van der Waals surface area (Å²) >= 11 is 0.854. The summed E-state index contributed by atoms with van der Waals surface area (Å²) in [6, 6.07) is 0. The number of hydrogen-bond donors (Lipinski definition) is 0. The summed E-state index contributed by atoms with van der Waals surface area (Å²) in [5.41, 5.74) is -0.662. The molecule has 0 amide bonds. The van der Waals surface area contributed by atoms with Gasteiger partial charge < -0.3 is 9.05 Å². The third-order valence-electron chi connectivity index (χ3n) is 4.09. The predicted octanol–water partition coefficient (Wildman–Crippen LogP) is 7.59. The molecule has 0 radical (unpaired) electrons. The molecule has 0 heterocycles. The van der Waals surface area contributed by atoms with Crippen molar-refractivity contribution < 1.29 is 44.9 Å². The minimum Gasteiger partial charge on any atom is -0.399 e. The third kappa shape index (κ3) is 9.29. The maximum Gasteiger partial charge on any atom is 0.587 e. The number of thioether (sulfide) groups is 1. The van der Waals surface area contributed by atoms with Gasteiger partial charge in [-0.3, -0.25) is 9.32 Å². The van der Waals surface area contributed by atoms with Crippen molar-refractivity contribution in [1.82, 2.24) is 0 Å². The molecule has 1 rings (SSSR count). The molecule has 0 saturated carbocycles. The Bertz CT molecular complexity index is 877. The Morgan fingerprint density at radius 3 is 2.45 bits per heavy atom. The Balaban J connectivity index is 3.21. The van der Waals surface area contributed by atoms with E-state index in [9.17, 15) is 31.3 Å². The summed E-state index contributed by atoms with van der Waals surface area (Å²) in [7, 11) is -4.93. The fourth-order valence-corrected chi connectivity index (χ4v) is 4.48. The lowest BCUT2D eigenvalue weighted by Gasteiger charge is -2.25. The number of allylic oxidation sites excluding steroid dienone is 7. The highest BCUT2D eigenvalue weighted by Crippen LogP contribution is 2.56. The van der Waals surface area contributed by atoms with Crippen LogP contribution in [0.5, 0.6) is 0 Å². The molecule has 33 heavy (non-hydrogen) atoms. The molecule has 3 unspecified atom stereocenters. The SMILES string of the molecule is CC1CC=CC=C1OP(=O)(OCCSC(=O)C(C)(C)C)OC(=C(\F)CF)/C(F)=C(/F)C(C)F. The van der Waals surface area contributed by atoms with Crippen LogP contribution in [0.4, 0.5) is 22.0 Å². The van der Waals surface area contributed by atoms with Crippen LogP contribution in [0.2, 0.25) is 0 Å². The molecular weight excluding hydrogens is 490 g/mol. The molecule has 1 aliphatic carbocycles. The van der Waals surface area contributed by atoms with Gasteiger partial charge in [0.1, 0.15) is 12.4 Å². The fraction of sp³-hybridized carbons (Fsp3) is 0.571. The zero-order valence-electron chi connectivity index (χ0n) is 19.0. The average Bonchev–Trinajstić information content (AvgIpc) is 2.74. The van der Waals surface area contributed by atoms with Crippen LogP contribution in [0.1, 0.15) is 41.0 Å². The summed E-state index contributed by atoms with van der Waals surface area (Å²) in [4.78, 5) is 12.0. The van der Waals surface area contributed by atoms with Gasteiger partial charge >= 0.3 is 7.82 Å². The number of carbonyl (C=O) groups is 1. The molecule has 0 aromatic carbocycles. The van der Waals surface area contributed by atoms with Gasteiger partial charge in [0.2, 0.25) is 11.6 Å². The molecule has 0 saturated heterocycles. The maximum absolute atomic E-state index is 14.3. The lowest BCUT2D eigenvalue weighted by Crippen LogP contribution is -2.17. The van der Waals surface area contributed by atoms with E-state index in [1.54, 1.807) is 39.8 Å². The molecule has 0 aromatic heterocycles. The van der Waals surface area contributed by atoms with Crippen molar-refractivity contribution >= 4 is 24.7 Å². The van der Waals surface area contributed by atoms with Crippen molar-refractivity contribution in [3.8, 4) is 0 Å². The Morgan fingerprint density at radius 1 is 1.30 bits per heavy atom. The highest BCUT2D eigenvalue weighted by Gasteiger charge is 2.38. The Labute approximate surface area is 194 Å². The molecule has 5 nitrogen and oxygen atoms in total. The first-order valence-corrected chi connectivity index (χ1v) is 12.5. The van der Waals surface area contributed by atoms with E-state index >= 15 is 0 Å². The Hall–Kier alpha value is -1.58. The van der Waals surface area contributed by atoms with Gasteiger partial charge in [-0.05, 0) is 19.4 Å². The standard InChI is InChI=1S/C21H28F5O5PS/c1-13-8-6-7-9-16(13)30-32(28,29-10-11-33-20(27)21(3,4)5)31-19(15(24)12-22)18(26)17(25)14(2)23/h6-7,9,13-14H,8,10-12H2,1-5H3/b18-17-,19-15-. The fourth-order valence-electron chi connectivity index (χ4n) is 2.21. The first-order valence-electron chi connectivity index (χ1n) is 10.0. The third-order valence-corrected chi connectivity index (χ3v) is 6.68. The molecule has 188 valence electrons. The summed E-state index contributed by atoms with van der Waals surface area (Å²) in [6.45, 7) is 5.01. The molecule has 0 spiro atoms. The number of halogens is 5. The largest absolute Gasteiger partial charge is 0.587 e. The van der Waals surface area contributed by atoms with E-state index in [4.69, 9.17) is 13.6 Å². The van der Waals surface area contributed by atoms with Crippen molar-refractivity contribution in [2.45, 2.75) is 47.2 Å². The van der Waals surface area contributed by atoms with Crippen molar-refractivity contribution in [1.29, 1.82) is 0 Å². The molecule has 0 bridgehead atoms. The van der Waals surface area contributed by atoms with Gasteiger partial charge in [-0.15, -0.1) is 0 Å². The summed E-state index contributed by atoms with van der Waals surface area (Å²) in [5, 5.41) is -0.200. The van der Waals surface area contributed by atoms with Crippen LogP contribution in [0.3, 0.4) is 0 Å². The molecule has 1 aliphatic rings. The molecule has 0 N–H and O–H groups in total. The zero-order valence-corrected chi connectivity index (χ0v) is 20.7. The number of phosphoric acid groups is 1. The second-order valence-corrected chi connectivity index (χ2v) is 10.7. The molecule has 12 heteroatoms. The Kier molecular flexibility index (Phi) is 11.4. The average molecular weight is 518 g/mol. The number of alkyl halides is 2. The van der Waals surface area contributed by atoms with E-state index in [0.29, 0.717) is 13.3 Å².